The molecule has 14 heteroatoms. The summed E-state index contributed by atoms with van der Waals surface area (Å²) in [4.78, 5) is 39.3. The van der Waals surface area contributed by atoms with Crippen LogP contribution in [0.25, 0.3) is 22.1 Å². The lowest BCUT2D eigenvalue weighted by molar-refractivity contribution is -0.131. The molecule has 2 unspecified atom stereocenters. The number of carbonyl (C=O) groups is 2. The first kappa shape index (κ1) is 35.4. The number of nitrogens with zero attached hydrogens (tertiary/aromatic N) is 11. The van der Waals surface area contributed by atoms with E-state index < -0.39 is 0 Å². The van der Waals surface area contributed by atoms with Crippen LogP contribution in [0.1, 0.15) is 58.2 Å². The molecule has 280 valence electrons. The zero-order valence-electron chi connectivity index (χ0n) is 31.8. The molecule has 0 saturated carbocycles. The minimum absolute atomic E-state index is 0.334. The average Bonchev–Trinajstić information content (AvgIpc) is 3.91. The maximum Gasteiger partial charge on any atom is 0.298 e. The molecule has 2 aliphatic heterocycles. The second-order valence-corrected chi connectivity index (χ2v) is 14.2. The lowest BCUT2D eigenvalue weighted by atomic mass is 9.90. The van der Waals surface area contributed by atoms with Gasteiger partial charge in [-0.3, -0.25) is 23.9 Å². The normalized spacial score (nSPS) is 18.1. The van der Waals surface area contributed by atoms with Crippen LogP contribution in [0.15, 0.2) is 76.7 Å². The van der Waals surface area contributed by atoms with Crippen molar-refractivity contribution in [2.45, 2.75) is 78.9 Å². The van der Waals surface area contributed by atoms with Gasteiger partial charge < -0.3 is 23.0 Å². The molecule has 4 aromatic heterocycles. The summed E-state index contributed by atoms with van der Waals surface area (Å²) in [5.74, 6) is -0.674. The standard InChI is InChI=1S/C40H47N11O3/c1-7-50-34(20-26(3)43-50)37(52)41-39-45(5)31-15-9-10-16-32(31)47(39)18-11-12-19-48-33-17-13-14-28(23-49-29-22-30(49)25-54-24-29)36(33)46(6)40(48)42-38(53)35-21-27(4)44-51(35)8-2/h9-17,20-21,29-30H,7-8,18-19,22-25H2,1-6H3/b12-11+,41-39?,42-40?. The highest BCUT2D eigenvalue weighted by atomic mass is 16.5. The lowest BCUT2D eigenvalue weighted by Crippen LogP contribution is -2.62. The second kappa shape index (κ2) is 14.3. The molecule has 2 aromatic carbocycles. The first-order valence-electron chi connectivity index (χ1n) is 18.7. The summed E-state index contributed by atoms with van der Waals surface area (Å²) in [6, 6.07) is 18.9. The van der Waals surface area contributed by atoms with Crippen molar-refractivity contribution in [1.29, 1.82) is 0 Å². The van der Waals surface area contributed by atoms with Crippen LogP contribution in [-0.2, 0) is 51.6 Å². The molecular formula is C40H47N11O3. The van der Waals surface area contributed by atoms with Gasteiger partial charge in [0.1, 0.15) is 11.4 Å². The minimum Gasteiger partial charge on any atom is -0.378 e. The van der Waals surface area contributed by atoms with Gasteiger partial charge in [-0.05, 0) is 70.0 Å². The largest absolute Gasteiger partial charge is 0.378 e. The van der Waals surface area contributed by atoms with Crippen LogP contribution in [0.5, 0.6) is 0 Å². The van der Waals surface area contributed by atoms with E-state index >= 15 is 0 Å². The number of para-hydroxylation sites is 3. The molecule has 2 atom stereocenters. The highest BCUT2D eigenvalue weighted by Gasteiger charge is 2.42. The highest BCUT2D eigenvalue weighted by Crippen LogP contribution is 2.33. The smallest absolute Gasteiger partial charge is 0.298 e. The van der Waals surface area contributed by atoms with Crippen LogP contribution >= 0.6 is 0 Å². The third kappa shape index (κ3) is 6.18. The number of benzene rings is 2. The molecule has 2 amide bonds. The number of ether oxygens (including phenoxy) is 1. The molecule has 2 bridgehead atoms. The summed E-state index contributed by atoms with van der Waals surface area (Å²) in [6.07, 6.45) is 5.34. The fourth-order valence-corrected chi connectivity index (χ4v) is 8.14. The van der Waals surface area contributed by atoms with Crippen LogP contribution in [-0.4, -0.2) is 79.8 Å². The molecule has 14 nitrogen and oxygen atoms in total. The Labute approximate surface area is 312 Å². The van der Waals surface area contributed by atoms with Crippen molar-refractivity contribution in [3.63, 3.8) is 0 Å². The number of rotatable bonds is 10. The molecule has 2 saturated heterocycles. The van der Waals surface area contributed by atoms with Crippen molar-refractivity contribution in [3.05, 3.63) is 106 Å². The quantitative estimate of drug-likeness (QED) is 0.196. The van der Waals surface area contributed by atoms with E-state index in [2.05, 4.69) is 55.0 Å². The Morgan fingerprint density at radius 1 is 0.759 bits per heavy atom. The van der Waals surface area contributed by atoms with E-state index in [0.29, 0.717) is 60.9 Å². The van der Waals surface area contributed by atoms with Gasteiger partial charge >= 0.3 is 0 Å². The first-order chi connectivity index (χ1) is 26.2. The molecule has 0 aliphatic carbocycles. The third-order valence-electron chi connectivity index (χ3n) is 10.8. The van der Waals surface area contributed by atoms with E-state index in [1.54, 1.807) is 21.5 Å². The zero-order chi connectivity index (χ0) is 37.7. The Morgan fingerprint density at radius 3 is 1.87 bits per heavy atom. The predicted octanol–water partition coefficient (Wildman–Crippen LogP) is 4.03. The Hall–Kier alpha value is -5.60. The number of aromatic nitrogens is 8. The molecule has 54 heavy (non-hydrogen) atoms. The molecular weight excluding hydrogens is 683 g/mol. The number of morpholine rings is 1. The molecule has 8 rings (SSSR count). The number of hydrogen-bond acceptors (Lipinski definition) is 6. The maximum absolute atomic E-state index is 13.8. The third-order valence-corrected chi connectivity index (χ3v) is 10.8. The number of imidazole rings is 2. The predicted molar refractivity (Wildman–Crippen MR) is 205 cm³/mol. The Kier molecular flexibility index (Phi) is 9.40. The molecule has 6 aromatic rings. The van der Waals surface area contributed by atoms with Gasteiger partial charge in [0.15, 0.2) is 0 Å². The Balaban J connectivity index is 1.17. The van der Waals surface area contributed by atoms with Gasteiger partial charge in [0.25, 0.3) is 11.8 Å². The van der Waals surface area contributed by atoms with E-state index in [9.17, 15) is 9.59 Å². The topological polar surface area (TPSA) is 127 Å². The molecule has 2 aliphatic rings. The molecule has 0 N–H and O–H groups in total. The van der Waals surface area contributed by atoms with Gasteiger partial charge in [-0.2, -0.15) is 20.2 Å². The number of hydrogen-bond donors (Lipinski definition) is 0. The van der Waals surface area contributed by atoms with Crippen molar-refractivity contribution in [1.82, 2.24) is 42.7 Å². The summed E-state index contributed by atoms with van der Waals surface area (Å²) in [5, 5.41) is 8.94. The zero-order valence-corrected chi connectivity index (χ0v) is 31.8. The minimum atomic E-state index is -0.340. The SMILES string of the molecule is CCn1nc(C)cc1C(=O)N=c1n(C)c2ccccc2n1C/C=C/Cn1c(=NC(=O)c2cc(C)nn2CC)n(C)c2c(CN3C4COCC3C4)cccc21. The monoisotopic (exact) mass is 729 g/mol. The van der Waals surface area contributed by atoms with Crippen LogP contribution in [0.4, 0.5) is 0 Å². The van der Waals surface area contributed by atoms with Crippen molar-refractivity contribution in [3.8, 4) is 0 Å². The summed E-state index contributed by atoms with van der Waals surface area (Å²) in [5.41, 5.74) is 8.74. The van der Waals surface area contributed by atoms with E-state index in [1.165, 1.54) is 12.0 Å². The molecule has 0 radical (unpaired) electrons. The second-order valence-electron chi connectivity index (χ2n) is 14.2. The lowest BCUT2D eigenvalue weighted by Gasteiger charge is -2.52. The van der Waals surface area contributed by atoms with E-state index in [1.807, 2.05) is 79.8 Å². The van der Waals surface area contributed by atoms with Crippen molar-refractivity contribution >= 4 is 33.9 Å². The summed E-state index contributed by atoms with van der Waals surface area (Å²) < 4.78 is 17.3. The number of fused-ring (bicyclic) bond motifs is 4. The van der Waals surface area contributed by atoms with Gasteiger partial charge in [-0.1, -0.05) is 36.4 Å². The van der Waals surface area contributed by atoms with E-state index in [-0.39, 0.29) is 11.8 Å². The number of amides is 2. The van der Waals surface area contributed by atoms with Crippen molar-refractivity contribution < 1.29 is 14.3 Å². The van der Waals surface area contributed by atoms with Gasteiger partial charge in [0.2, 0.25) is 11.2 Å². The number of allylic oxidation sites excluding steroid dienone is 2. The number of carbonyl (C=O) groups excluding carboxylic acids is 2. The average molecular weight is 730 g/mol. The van der Waals surface area contributed by atoms with Gasteiger partial charge in [0.05, 0.1) is 46.7 Å². The Morgan fingerprint density at radius 2 is 1.30 bits per heavy atom. The molecule has 6 heterocycles. The fraction of sp³-hybridized carbons (Fsp3) is 0.400. The van der Waals surface area contributed by atoms with Crippen LogP contribution in [0.2, 0.25) is 0 Å². The van der Waals surface area contributed by atoms with Crippen LogP contribution in [0, 0.1) is 13.8 Å². The van der Waals surface area contributed by atoms with Gasteiger partial charge in [0, 0.05) is 58.9 Å². The van der Waals surface area contributed by atoms with Crippen LogP contribution in [0.3, 0.4) is 0 Å². The van der Waals surface area contributed by atoms with Gasteiger partial charge in [-0.15, -0.1) is 0 Å². The fourth-order valence-electron chi connectivity index (χ4n) is 8.14. The van der Waals surface area contributed by atoms with Crippen LogP contribution < -0.4 is 11.2 Å². The number of aryl methyl sites for hydroxylation is 6. The highest BCUT2D eigenvalue weighted by molar-refractivity contribution is 5.94. The summed E-state index contributed by atoms with van der Waals surface area (Å²) in [6.45, 7) is 12.1. The molecule has 2 fully saturated rings. The summed E-state index contributed by atoms with van der Waals surface area (Å²) in [7, 11) is 3.92. The molecule has 0 spiro atoms. The maximum atomic E-state index is 13.8. The first-order valence-corrected chi connectivity index (χ1v) is 18.7. The van der Waals surface area contributed by atoms with E-state index in [4.69, 9.17) is 9.73 Å². The van der Waals surface area contributed by atoms with Gasteiger partial charge in [-0.25, -0.2) is 0 Å². The Bertz CT molecular complexity index is 2570. The van der Waals surface area contributed by atoms with E-state index in [0.717, 1.165) is 53.2 Å². The van der Waals surface area contributed by atoms with Crippen molar-refractivity contribution in [2.75, 3.05) is 13.2 Å². The van der Waals surface area contributed by atoms with Crippen molar-refractivity contribution in [2.24, 2.45) is 24.1 Å². The summed E-state index contributed by atoms with van der Waals surface area (Å²) >= 11 is 0.